The van der Waals surface area contributed by atoms with Gasteiger partial charge in [0.1, 0.15) is 5.82 Å². The average Bonchev–Trinajstić information content (AvgIpc) is 2.84. The van der Waals surface area contributed by atoms with Crippen LogP contribution in [-0.2, 0) is 15.8 Å². The molecule has 1 fully saturated rings. The zero-order valence-corrected chi connectivity index (χ0v) is 23.8. The van der Waals surface area contributed by atoms with Crippen LogP contribution in [0.25, 0.3) is 0 Å². The summed E-state index contributed by atoms with van der Waals surface area (Å²) >= 11 is 0. The molecule has 0 spiro atoms. The molecule has 2 atom stereocenters. The molecule has 4 nitrogen and oxygen atoms in total. The second-order valence-electron chi connectivity index (χ2n) is 11.1. The first-order valence-corrected chi connectivity index (χ1v) is 14.9. The van der Waals surface area contributed by atoms with Crippen LogP contribution in [0.3, 0.4) is 0 Å². The van der Waals surface area contributed by atoms with Gasteiger partial charge in [-0.2, -0.15) is 0 Å². The van der Waals surface area contributed by atoms with E-state index in [1.54, 1.807) is 0 Å². The van der Waals surface area contributed by atoms with Gasteiger partial charge in [-0.15, -0.1) is 0 Å². The number of nitrogens with zero attached hydrogens (tertiary/aromatic N) is 1. The Balaban J connectivity index is 1.85. The number of rotatable bonds is 7. The molecular weight excluding hydrogens is 481 g/mol. The van der Waals surface area contributed by atoms with Gasteiger partial charge in [-0.05, 0) is 48.3 Å². The van der Waals surface area contributed by atoms with Gasteiger partial charge in [0.05, 0.1) is 24.5 Å². The number of Topliss-reactive ketones (excluding diaryl/α,β-unsaturated/α-hetero) is 1. The van der Waals surface area contributed by atoms with E-state index >= 15 is 4.39 Å². The van der Waals surface area contributed by atoms with Gasteiger partial charge in [0.2, 0.25) is 0 Å². The molecule has 2 unspecified atom stereocenters. The van der Waals surface area contributed by atoms with Gasteiger partial charge in [0.15, 0.2) is 5.78 Å². The number of ether oxygens (including phenoxy) is 1. The normalized spacial score (nSPS) is 18.6. The van der Waals surface area contributed by atoms with Crippen molar-refractivity contribution in [1.82, 2.24) is 0 Å². The fourth-order valence-electron chi connectivity index (χ4n) is 5.63. The van der Waals surface area contributed by atoms with E-state index in [2.05, 4.69) is 45.0 Å². The Bertz CT molecular complexity index is 1180. The number of benzene rings is 3. The molecule has 3 aromatic rings. The molecule has 37 heavy (non-hydrogen) atoms. The molecule has 1 aliphatic rings. The summed E-state index contributed by atoms with van der Waals surface area (Å²) in [4.78, 5) is 14.4. The molecular formula is C31H38FNO3Si. The predicted molar refractivity (Wildman–Crippen MR) is 151 cm³/mol. The zero-order chi connectivity index (χ0) is 26.8. The molecule has 0 saturated carbocycles. The quantitative estimate of drug-likeness (QED) is 0.296. The van der Waals surface area contributed by atoms with Crippen LogP contribution < -0.4 is 15.3 Å². The summed E-state index contributed by atoms with van der Waals surface area (Å²) in [5.74, 6) is -0.559. The monoisotopic (exact) mass is 519 g/mol. The van der Waals surface area contributed by atoms with E-state index in [-0.39, 0.29) is 29.6 Å². The highest BCUT2D eigenvalue weighted by Crippen LogP contribution is 2.38. The maximum absolute atomic E-state index is 15.7. The lowest BCUT2D eigenvalue weighted by atomic mass is 10.0. The van der Waals surface area contributed by atoms with E-state index in [4.69, 9.17) is 9.16 Å². The molecule has 4 rings (SSSR count). The van der Waals surface area contributed by atoms with Crippen molar-refractivity contribution in [1.29, 1.82) is 0 Å². The van der Waals surface area contributed by atoms with Crippen molar-refractivity contribution in [3.8, 4) is 0 Å². The fourth-order valence-corrected chi connectivity index (χ4v) is 10.2. The summed E-state index contributed by atoms with van der Waals surface area (Å²) in [5, 5.41) is 2.10. The van der Waals surface area contributed by atoms with Crippen LogP contribution in [0.5, 0.6) is 0 Å². The Morgan fingerprint density at radius 1 is 0.973 bits per heavy atom. The van der Waals surface area contributed by atoms with E-state index in [9.17, 15) is 4.79 Å². The fraction of sp³-hybridized carbons (Fsp3) is 0.387. The van der Waals surface area contributed by atoms with Gasteiger partial charge in [-0.25, -0.2) is 4.39 Å². The second-order valence-corrected chi connectivity index (χ2v) is 15.4. The maximum atomic E-state index is 15.7. The lowest BCUT2D eigenvalue weighted by Crippen LogP contribution is -2.66. The summed E-state index contributed by atoms with van der Waals surface area (Å²) in [6, 6.07) is 24.0. The van der Waals surface area contributed by atoms with Crippen molar-refractivity contribution in [3.05, 3.63) is 89.7 Å². The summed E-state index contributed by atoms with van der Waals surface area (Å²) in [6.07, 6.45) is -0.0536. The van der Waals surface area contributed by atoms with Crippen molar-refractivity contribution in [2.75, 3.05) is 18.0 Å². The first-order chi connectivity index (χ1) is 17.5. The van der Waals surface area contributed by atoms with E-state index in [0.717, 1.165) is 10.4 Å². The van der Waals surface area contributed by atoms with Crippen LogP contribution in [0, 0.1) is 5.82 Å². The third-order valence-electron chi connectivity index (χ3n) is 7.15. The average molecular weight is 520 g/mol. The minimum absolute atomic E-state index is 0.0268. The van der Waals surface area contributed by atoms with E-state index in [1.807, 2.05) is 61.2 Å². The number of carbonyl (C=O) groups is 1. The molecule has 0 N–H and O–H groups in total. The molecule has 0 aliphatic carbocycles. The molecule has 0 amide bonds. The van der Waals surface area contributed by atoms with Crippen molar-refractivity contribution in [3.63, 3.8) is 0 Å². The summed E-state index contributed by atoms with van der Waals surface area (Å²) in [5.41, 5.74) is 1.56. The van der Waals surface area contributed by atoms with Gasteiger partial charge >= 0.3 is 0 Å². The van der Waals surface area contributed by atoms with Crippen LogP contribution in [0.1, 0.15) is 57.5 Å². The number of ketones is 1. The molecule has 1 heterocycles. The van der Waals surface area contributed by atoms with Gasteiger partial charge in [0, 0.05) is 24.2 Å². The van der Waals surface area contributed by atoms with Gasteiger partial charge < -0.3 is 14.1 Å². The number of morpholine rings is 1. The number of hydrogen-bond acceptors (Lipinski definition) is 4. The van der Waals surface area contributed by atoms with Crippen LogP contribution in [0.2, 0.25) is 5.04 Å². The van der Waals surface area contributed by atoms with Crippen molar-refractivity contribution < 1.29 is 18.3 Å². The number of halogens is 1. The SMILES string of the molecule is CC(=O)c1cc(F)c(N2CC(C)OC(C)C2)c(CO[Si](c2ccccc2)(c2ccccc2)C(C)(C)C)c1. The minimum atomic E-state index is -2.84. The lowest BCUT2D eigenvalue weighted by molar-refractivity contribution is -0.00549. The van der Waals surface area contributed by atoms with Crippen LogP contribution in [-0.4, -0.2) is 39.4 Å². The first-order valence-electron chi connectivity index (χ1n) is 13.0. The Labute approximate surface area is 221 Å². The number of carbonyl (C=O) groups excluding carboxylic acids is 1. The highest BCUT2D eigenvalue weighted by Gasteiger charge is 2.50. The topological polar surface area (TPSA) is 38.8 Å². The highest BCUT2D eigenvalue weighted by atomic mass is 28.4. The van der Waals surface area contributed by atoms with Gasteiger partial charge in [-0.1, -0.05) is 81.4 Å². The van der Waals surface area contributed by atoms with Gasteiger partial charge in [-0.3, -0.25) is 4.79 Å². The van der Waals surface area contributed by atoms with E-state index < -0.39 is 14.1 Å². The highest BCUT2D eigenvalue weighted by molar-refractivity contribution is 6.99. The van der Waals surface area contributed by atoms with Crippen molar-refractivity contribution >= 4 is 30.2 Å². The molecule has 6 heteroatoms. The molecule has 1 saturated heterocycles. The standard InChI is InChI=1S/C31H38FNO3Si/c1-22-19-33(20-23(2)36-22)30-26(17-25(24(3)34)18-29(30)32)21-35-37(31(4,5)6,27-13-9-7-10-14-27)28-15-11-8-12-16-28/h7-18,22-23H,19-21H2,1-6H3. The summed E-state index contributed by atoms with van der Waals surface area (Å²) in [7, 11) is -2.84. The van der Waals surface area contributed by atoms with E-state index in [1.165, 1.54) is 13.0 Å². The zero-order valence-electron chi connectivity index (χ0n) is 22.8. The Kier molecular flexibility index (Phi) is 8.02. The lowest BCUT2D eigenvalue weighted by Gasteiger charge is -2.43. The molecule has 1 aliphatic heterocycles. The third-order valence-corrected chi connectivity index (χ3v) is 12.1. The molecule has 3 aromatic carbocycles. The molecule has 0 radical (unpaired) electrons. The van der Waals surface area contributed by atoms with Crippen molar-refractivity contribution in [2.24, 2.45) is 0 Å². The Hall–Kier alpha value is -2.80. The minimum Gasteiger partial charge on any atom is -0.403 e. The van der Waals surface area contributed by atoms with E-state index in [0.29, 0.717) is 29.9 Å². The maximum Gasteiger partial charge on any atom is 0.261 e. The van der Waals surface area contributed by atoms with Crippen LogP contribution in [0.4, 0.5) is 10.1 Å². The molecule has 0 bridgehead atoms. The third kappa shape index (κ3) is 5.56. The largest absolute Gasteiger partial charge is 0.403 e. The smallest absolute Gasteiger partial charge is 0.261 e. The van der Waals surface area contributed by atoms with Crippen LogP contribution in [0.15, 0.2) is 72.8 Å². The first kappa shape index (κ1) is 27.2. The summed E-state index contributed by atoms with van der Waals surface area (Å²) in [6.45, 7) is 13.5. The molecule has 0 aromatic heterocycles. The van der Waals surface area contributed by atoms with Crippen LogP contribution >= 0.6 is 0 Å². The number of anilines is 1. The van der Waals surface area contributed by atoms with Gasteiger partial charge in [0.25, 0.3) is 8.32 Å². The summed E-state index contributed by atoms with van der Waals surface area (Å²) < 4.78 is 28.8. The van der Waals surface area contributed by atoms with Crippen molar-refractivity contribution in [2.45, 2.75) is 65.4 Å². The number of hydrogen-bond donors (Lipinski definition) is 0. The Morgan fingerprint density at radius 2 is 1.49 bits per heavy atom. The second kappa shape index (κ2) is 10.9. The predicted octanol–water partition coefficient (Wildman–Crippen LogP) is 5.72. The Morgan fingerprint density at radius 3 is 1.95 bits per heavy atom. The molecule has 196 valence electrons.